The zero-order valence-electron chi connectivity index (χ0n) is 17.5. The van der Waals surface area contributed by atoms with Gasteiger partial charge in [-0.3, -0.25) is 9.59 Å². The molecule has 4 rings (SSSR count). The summed E-state index contributed by atoms with van der Waals surface area (Å²) in [6.45, 7) is 5.28. The van der Waals surface area contributed by atoms with Gasteiger partial charge in [-0.15, -0.1) is 0 Å². The molecule has 32 heavy (non-hydrogen) atoms. The van der Waals surface area contributed by atoms with E-state index in [1.54, 1.807) is 51.1 Å². The average molecular weight is 455 g/mol. The number of halogens is 1. The minimum Gasteiger partial charge on any atom is -0.462 e. The van der Waals surface area contributed by atoms with Crippen LogP contribution in [-0.4, -0.2) is 35.8 Å². The first-order valence-corrected chi connectivity index (χ1v) is 10.2. The van der Waals surface area contributed by atoms with Crippen molar-refractivity contribution in [3.05, 3.63) is 52.3 Å². The highest BCUT2D eigenvalue weighted by molar-refractivity contribution is 6.34. The van der Waals surface area contributed by atoms with Crippen LogP contribution in [0.1, 0.15) is 36.9 Å². The van der Waals surface area contributed by atoms with E-state index in [4.69, 9.17) is 20.8 Å². The molecule has 1 aromatic carbocycles. The maximum absolute atomic E-state index is 12.5. The van der Waals surface area contributed by atoms with Crippen LogP contribution in [0.5, 0.6) is 0 Å². The van der Waals surface area contributed by atoms with Gasteiger partial charge in [-0.2, -0.15) is 10.2 Å². The molecule has 1 aromatic heterocycles. The molecule has 0 bridgehead atoms. The summed E-state index contributed by atoms with van der Waals surface area (Å²) in [5.74, 6) is -1.42. The van der Waals surface area contributed by atoms with Gasteiger partial charge in [-0.05, 0) is 51.1 Å². The Kier molecular flexibility index (Phi) is 5.67. The molecule has 1 atom stereocenters. The summed E-state index contributed by atoms with van der Waals surface area (Å²) in [4.78, 5) is 37.2. The van der Waals surface area contributed by atoms with E-state index in [0.29, 0.717) is 34.1 Å². The first-order chi connectivity index (χ1) is 15.3. The minimum atomic E-state index is -0.807. The third-order valence-corrected chi connectivity index (χ3v) is 5.44. The molecule has 9 nitrogen and oxygen atoms in total. The van der Waals surface area contributed by atoms with E-state index in [9.17, 15) is 14.4 Å². The third-order valence-electron chi connectivity index (χ3n) is 5.11. The Bertz CT molecular complexity index is 1240. The van der Waals surface area contributed by atoms with Gasteiger partial charge >= 0.3 is 5.97 Å². The largest absolute Gasteiger partial charge is 0.462 e. The van der Waals surface area contributed by atoms with Crippen molar-refractivity contribution >= 4 is 46.4 Å². The molecule has 0 aliphatic carbocycles. The van der Waals surface area contributed by atoms with Gasteiger partial charge in [0.15, 0.2) is 0 Å². The molecule has 0 spiro atoms. The molecule has 1 unspecified atom stereocenters. The van der Waals surface area contributed by atoms with Crippen molar-refractivity contribution in [2.24, 2.45) is 16.1 Å². The Balaban J connectivity index is 1.81. The molecular weight excluding hydrogens is 436 g/mol. The molecule has 0 radical (unpaired) electrons. The number of benzene rings is 1. The number of nitrogens with one attached hydrogen (secondary N) is 2. The number of nitrogens with zero attached hydrogens (tertiary/aromatic N) is 2. The van der Waals surface area contributed by atoms with E-state index in [1.165, 1.54) is 0 Å². The van der Waals surface area contributed by atoms with Crippen molar-refractivity contribution in [1.29, 1.82) is 0 Å². The number of carbonyl (C=O) groups excluding carboxylic acids is 3. The van der Waals surface area contributed by atoms with Crippen LogP contribution in [0, 0.1) is 5.92 Å². The highest BCUT2D eigenvalue weighted by atomic mass is 35.5. The zero-order chi connectivity index (χ0) is 23.0. The highest BCUT2D eigenvalue weighted by Crippen LogP contribution is 2.36. The fourth-order valence-electron chi connectivity index (χ4n) is 3.62. The number of ether oxygens (including phenoxy) is 1. The Hall–Kier alpha value is -3.72. The number of furan rings is 1. The van der Waals surface area contributed by atoms with Crippen molar-refractivity contribution in [3.63, 3.8) is 0 Å². The summed E-state index contributed by atoms with van der Waals surface area (Å²) < 4.78 is 11.1. The van der Waals surface area contributed by atoms with Crippen LogP contribution in [0.25, 0.3) is 16.9 Å². The Labute approximate surface area is 188 Å². The van der Waals surface area contributed by atoms with Gasteiger partial charge in [0.05, 0.1) is 34.2 Å². The number of hydrogen-bond acceptors (Lipinski definition) is 7. The minimum absolute atomic E-state index is 0.207. The number of rotatable bonds is 5. The Morgan fingerprint density at radius 1 is 1.16 bits per heavy atom. The first kappa shape index (κ1) is 21.5. The maximum Gasteiger partial charge on any atom is 0.339 e. The Morgan fingerprint density at radius 3 is 2.56 bits per heavy atom. The number of esters is 1. The molecule has 3 heterocycles. The monoisotopic (exact) mass is 454 g/mol. The third kappa shape index (κ3) is 3.71. The van der Waals surface area contributed by atoms with Crippen LogP contribution in [-0.2, 0) is 14.3 Å². The summed E-state index contributed by atoms with van der Waals surface area (Å²) in [5.41, 5.74) is 7.19. The molecule has 164 valence electrons. The van der Waals surface area contributed by atoms with Gasteiger partial charge in [0.1, 0.15) is 17.4 Å². The van der Waals surface area contributed by atoms with Crippen LogP contribution in [0.2, 0.25) is 5.02 Å². The normalized spacial score (nSPS) is 19.3. The van der Waals surface area contributed by atoms with Gasteiger partial charge in [-0.25, -0.2) is 15.6 Å². The summed E-state index contributed by atoms with van der Waals surface area (Å²) in [7, 11) is 0. The van der Waals surface area contributed by atoms with Gasteiger partial charge in [0.2, 0.25) is 0 Å². The van der Waals surface area contributed by atoms with Gasteiger partial charge in [0.25, 0.3) is 11.8 Å². The van der Waals surface area contributed by atoms with E-state index in [1.807, 2.05) is 0 Å². The molecule has 2 N–H and O–H groups in total. The molecule has 0 saturated heterocycles. The Morgan fingerprint density at radius 2 is 1.94 bits per heavy atom. The van der Waals surface area contributed by atoms with Crippen molar-refractivity contribution < 1.29 is 23.5 Å². The van der Waals surface area contributed by atoms with Crippen molar-refractivity contribution in [1.82, 2.24) is 10.9 Å². The van der Waals surface area contributed by atoms with Crippen molar-refractivity contribution in [2.75, 3.05) is 6.61 Å². The smallest absolute Gasteiger partial charge is 0.339 e. The zero-order valence-corrected chi connectivity index (χ0v) is 18.2. The summed E-state index contributed by atoms with van der Waals surface area (Å²) in [6.07, 6.45) is 0. The van der Waals surface area contributed by atoms with Crippen LogP contribution >= 0.6 is 11.6 Å². The van der Waals surface area contributed by atoms with Crippen LogP contribution < -0.4 is 10.9 Å². The predicted molar refractivity (Wildman–Crippen MR) is 118 cm³/mol. The summed E-state index contributed by atoms with van der Waals surface area (Å²) >= 11 is 6.15. The fourth-order valence-corrected chi connectivity index (χ4v) is 3.82. The molecule has 2 aliphatic heterocycles. The number of amides is 2. The van der Waals surface area contributed by atoms with Crippen LogP contribution in [0.3, 0.4) is 0 Å². The lowest BCUT2D eigenvalue weighted by Gasteiger charge is -2.14. The predicted octanol–water partition coefficient (Wildman–Crippen LogP) is 3.16. The SMILES string of the molecule is CCOC(=O)c1cc(-c2ccc(/C(=C3\C(=O)NN=C3C)C3C(=O)NN=C3C)o2)ccc1Cl. The number of hydrogen-bond donors (Lipinski definition) is 2. The lowest BCUT2D eigenvalue weighted by molar-refractivity contribution is -0.120. The van der Waals surface area contributed by atoms with Crippen LogP contribution in [0.4, 0.5) is 0 Å². The summed E-state index contributed by atoms with van der Waals surface area (Å²) in [5, 5.41) is 8.22. The molecule has 0 saturated carbocycles. The van der Waals surface area contributed by atoms with E-state index < -0.39 is 17.8 Å². The molecular formula is C22H19ClN4O5. The average Bonchev–Trinajstić information content (AvgIpc) is 3.46. The summed E-state index contributed by atoms with van der Waals surface area (Å²) in [6, 6.07) is 8.19. The van der Waals surface area contributed by atoms with E-state index in [0.717, 1.165) is 0 Å². The molecule has 10 heteroatoms. The van der Waals surface area contributed by atoms with Gasteiger partial charge < -0.3 is 9.15 Å². The van der Waals surface area contributed by atoms with E-state index in [2.05, 4.69) is 21.1 Å². The van der Waals surface area contributed by atoms with Crippen LogP contribution in [0.15, 0.2) is 50.5 Å². The lowest BCUT2D eigenvalue weighted by Crippen LogP contribution is -2.27. The molecule has 2 amide bonds. The highest BCUT2D eigenvalue weighted by Gasteiger charge is 2.38. The quantitative estimate of drug-likeness (QED) is 0.530. The second kappa shape index (κ2) is 8.43. The molecule has 2 aliphatic rings. The fraction of sp³-hybridized carbons (Fsp3) is 0.227. The standard InChI is InChI=1S/C22H19ClN4O5/c1-4-31-22(30)13-9-12(5-6-14(13)23)15-7-8-16(32-15)19(17-10(2)24-26-20(17)28)18-11(3)25-27-21(18)29/h5-9,17H,4H2,1-3H3,(H,26,28)(H,27,29)/b19-18+. The molecule has 2 aromatic rings. The van der Waals surface area contributed by atoms with Gasteiger partial charge in [-0.1, -0.05) is 11.6 Å². The number of hydrazone groups is 2. The van der Waals surface area contributed by atoms with Crippen molar-refractivity contribution in [2.45, 2.75) is 20.8 Å². The van der Waals surface area contributed by atoms with E-state index in [-0.39, 0.29) is 28.7 Å². The number of carbonyl (C=O) groups is 3. The lowest BCUT2D eigenvalue weighted by atomic mass is 9.87. The maximum atomic E-state index is 12.5. The second-order valence-corrected chi connectivity index (χ2v) is 7.58. The van der Waals surface area contributed by atoms with Gasteiger partial charge in [0, 0.05) is 11.1 Å². The second-order valence-electron chi connectivity index (χ2n) is 7.17. The first-order valence-electron chi connectivity index (χ1n) is 9.82. The van der Waals surface area contributed by atoms with E-state index >= 15 is 0 Å². The topological polar surface area (TPSA) is 122 Å². The van der Waals surface area contributed by atoms with Crippen molar-refractivity contribution in [3.8, 4) is 11.3 Å². The molecule has 0 fully saturated rings.